The molecule has 0 aliphatic carbocycles. The normalized spacial score (nSPS) is 10.3. The molecule has 0 aromatic heterocycles. The number of hydrogen-bond acceptors (Lipinski definition) is 3. The summed E-state index contributed by atoms with van der Waals surface area (Å²) in [6, 6.07) is 12.7. The van der Waals surface area contributed by atoms with Crippen LogP contribution in [0.1, 0.15) is 57.2 Å². The lowest BCUT2D eigenvalue weighted by atomic mass is 10.0. The highest BCUT2D eigenvalue weighted by molar-refractivity contribution is 5.99. The molecule has 2 aromatic rings. The van der Waals surface area contributed by atoms with Crippen LogP contribution in [-0.4, -0.2) is 17.6 Å². The van der Waals surface area contributed by atoms with E-state index in [0.717, 1.165) is 23.1 Å². The molecule has 0 bridgehead atoms. The van der Waals surface area contributed by atoms with Gasteiger partial charge in [-0.1, -0.05) is 31.2 Å². The van der Waals surface area contributed by atoms with Crippen LogP contribution in [0.2, 0.25) is 0 Å². The first-order valence-electron chi connectivity index (χ1n) is 8.69. The Bertz CT molecular complexity index is 811. The van der Waals surface area contributed by atoms with E-state index in [-0.39, 0.29) is 24.5 Å². The summed E-state index contributed by atoms with van der Waals surface area (Å²) in [6.07, 6.45) is 1.00. The number of hydrogen-bond donors (Lipinski definition) is 2. The molecule has 0 unspecified atom stereocenters. The van der Waals surface area contributed by atoms with Gasteiger partial charge in [0.05, 0.1) is 0 Å². The average Bonchev–Trinajstić information content (AvgIpc) is 2.66. The summed E-state index contributed by atoms with van der Waals surface area (Å²) in [5.41, 5.74) is 9.07. The molecule has 2 aromatic carbocycles. The van der Waals surface area contributed by atoms with Crippen LogP contribution < -0.4 is 10.9 Å². The number of rotatable bonds is 6. The lowest BCUT2D eigenvalue weighted by Gasteiger charge is -2.08. The molecule has 2 N–H and O–H groups in total. The van der Waals surface area contributed by atoms with Crippen molar-refractivity contribution >= 4 is 17.6 Å². The molecule has 0 heterocycles. The van der Waals surface area contributed by atoms with Crippen LogP contribution in [0.25, 0.3) is 0 Å². The molecule has 0 fully saturated rings. The standard InChI is InChI=1S/C21H24N2O3/c1-4-16-6-9-17(10-7-16)21(26)23-22-20(25)12-11-19(24)18-8-5-14(2)15(3)13-18/h5-10,13H,4,11-12H2,1-3H3,(H,22,25)(H,23,26). The fourth-order valence-electron chi connectivity index (χ4n) is 2.44. The lowest BCUT2D eigenvalue weighted by molar-refractivity contribution is -0.121. The molecule has 5 heteroatoms. The number of amides is 2. The zero-order chi connectivity index (χ0) is 19.1. The van der Waals surface area contributed by atoms with Crippen LogP contribution in [0.3, 0.4) is 0 Å². The first-order valence-corrected chi connectivity index (χ1v) is 8.69. The van der Waals surface area contributed by atoms with E-state index in [1.54, 1.807) is 18.2 Å². The van der Waals surface area contributed by atoms with Gasteiger partial charge in [-0.15, -0.1) is 0 Å². The van der Waals surface area contributed by atoms with Crippen molar-refractivity contribution in [1.29, 1.82) is 0 Å². The molecule has 0 aliphatic heterocycles. The van der Waals surface area contributed by atoms with Crippen LogP contribution in [0.5, 0.6) is 0 Å². The van der Waals surface area contributed by atoms with Gasteiger partial charge in [-0.05, 0) is 55.2 Å². The second-order valence-electron chi connectivity index (χ2n) is 6.27. The van der Waals surface area contributed by atoms with Crippen LogP contribution in [-0.2, 0) is 11.2 Å². The molecule has 0 saturated heterocycles. The second-order valence-corrected chi connectivity index (χ2v) is 6.27. The number of benzene rings is 2. The topological polar surface area (TPSA) is 75.3 Å². The number of Topliss-reactive ketones (excluding diaryl/α,β-unsaturated/α-hetero) is 1. The zero-order valence-electron chi connectivity index (χ0n) is 15.4. The predicted octanol–water partition coefficient (Wildman–Crippen LogP) is 3.29. The fraction of sp³-hybridized carbons (Fsp3) is 0.286. The van der Waals surface area contributed by atoms with Crippen molar-refractivity contribution in [3.05, 3.63) is 70.3 Å². The van der Waals surface area contributed by atoms with Crippen LogP contribution in [0.4, 0.5) is 0 Å². The Labute approximate surface area is 153 Å². The van der Waals surface area contributed by atoms with Gasteiger partial charge in [0.25, 0.3) is 5.91 Å². The molecule has 26 heavy (non-hydrogen) atoms. The van der Waals surface area contributed by atoms with Crippen LogP contribution in [0.15, 0.2) is 42.5 Å². The van der Waals surface area contributed by atoms with E-state index >= 15 is 0 Å². The van der Waals surface area contributed by atoms with Crippen molar-refractivity contribution in [3.63, 3.8) is 0 Å². The van der Waals surface area contributed by atoms with Crippen molar-refractivity contribution in [2.75, 3.05) is 0 Å². The molecule has 2 amide bonds. The van der Waals surface area contributed by atoms with Crippen LogP contribution >= 0.6 is 0 Å². The molecular weight excluding hydrogens is 328 g/mol. The first-order chi connectivity index (χ1) is 12.4. The summed E-state index contributed by atoms with van der Waals surface area (Å²) in [5, 5.41) is 0. The van der Waals surface area contributed by atoms with E-state index in [1.807, 2.05) is 45.0 Å². The molecule has 5 nitrogen and oxygen atoms in total. The highest BCUT2D eigenvalue weighted by atomic mass is 16.2. The molecule has 0 atom stereocenters. The van der Waals surface area contributed by atoms with Gasteiger partial charge < -0.3 is 0 Å². The number of hydrazine groups is 1. The quantitative estimate of drug-likeness (QED) is 0.619. The smallest absolute Gasteiger partial charge is 0.269 e. The van der Waals surface area contributed by atoms with Crippen molar-refractivity contribution < 1.29 is 14.4 Å². The van der Waals surface area contributed by atoms with E-state index in [0.29, 0.717) is 11.1 Å². The van der Waals surface area contributed by atoms with Crippen molar-refractivity contribution in [2.45, 2.75) is 40.0 Å². The van der Waals surface area contributed by atoms with Gasteiger partial charge in [-0.2, -0.15) is 0 Å². The van der Waals surface area contributed by atoms with Gasteiger partial charge in [0.1, 0.15) is 0 Å². The Kier molecular flexibility index (Phi) is 6.67. The number of nitrogens with one attached hydrogen (secondary N) is 2. The van der Waals surface area contributed by atoms with Crippen molar-refractivity contribution in [1.82, 2.24) is 10.9 Å². The maximum absolute atomic E-state index is 12.2. The van der Waals surface area contributed by atoms with Crippen molar-refractivity contribution in [3.8, 4) is 0 Å². The molecular formula is C21H24N2O3. The Morgan fingerprint density at radius 1 is 0.808 bits per heavy atom. The Morgan fingerprint density at radius 3 is 2.08 bits per heavy atom. The van der Waals surface area contributed by atoms with Gasteiger partial charge in [-0.25, -0.2) is 0 Å². The molecule has 0 radical (unpaired) electrons. The summed E-state index contributed by atoms with van der Waals surface area (Å²) in [7, 11) is 0. The monoisotopic (exact) mass is 352 g/mol. The van der Waals surface area contributed by atoms with Crippen LogP contribution in [0, 0.1) is 13.8 Å². The third-order valence-electron chi connectivity index (χ3n) is 4.35. The molecule has 2 rings (SSSR count). The highest BCUT2D eigenvalue weighted by Crippen LogP contribution is 2.12. The lowest BCUT2D eigenvalue weighted by Crippen LogP contribution is -2.41. The molecule has 136 valence electrons. The summed E-state index contributed by atoms with van der Waals surface area (Å²) >= 11 is 0. The van der Waals surface area contributed by atoms with Gasteiger partial charge in [-0.3, -0.25) is 25.2 Å². The molecule has 0 aliphatic rings. The SMILES string of the molecule is CCc1ccc(C(=O)NNC(=O)CCC(=O)c2ccc(C)c(C)c2)cc1. The number of ketones is 1. The number of aryl methyl sites for hydroxylation is 3. The van der Waals surface area contributed by atoms with Gasteiger partial charge in [0.15, 0.2) is 5.78 Å². The van der Waals surface area contributed by atoms with Gasteiger partial charge in [0, 0.05) is 24.0 Å². The zero-order valence-corrected chi connectivity index (χ0v) is 15.4. The van der Waals surface area contributed by atoms with E-state index in [1.165, 1.54) is 0 Å². The second kappa shape index (κ2) is 8.94. The minimum Gasteiger partial charge on any atom is -0.294 e. The Balaban J connectivity index is 1.79. The van der Waals surface area contributed by atoms with E-state index in [2.05, 4.69) is 10.9 Å². The number of carbonyl (C=O) groups is 3. The summed E-state index contributed by atoms with van der Waals surface area (Å²) in [5.74, 6) is -0.882. The van der Waals surface area contributed by atoms with E-state index in [9.17, 15) is 14.4 Å². The van der Waals surface area contributed by atoms with Gasteiger partial charge >= 0.3 is 0 Å². The first kappa shape index (κ1) is 19.4. The maximum atomic E-state index is 12.2. The minimum atomic E-state index is -0.402. The molecule has 0 spiro atoms. The summed E-state index contributed by atoms with van der Waals surface area (Å²) < 4.78 is 0. The summed E-state index contributed by atoms with van der Waals surface area (Å²) in [4.78, 5) is 36.0. The highest BCUT2D eigenvalue weighted by Gasteiger charge is 2.11. The summed E-state index contributed by atoms with van der Waals surface area (Å²) in [6.45, 7) is 5.96. The van der Waals surface area contributed by atoms with E-state index < -0.39 is 5.91 Å². The number of carbonyl (C=O) groups excluding carboxylic acids is 3. The average molecular weight is 352 g/mol. The third kappa shape index (κ3) is 5.28. The van der Waals surface area contributed by atoms with E-state index in [4.69, 9.17) is 0 Å². The van der Waals surface area contributed by atoms with Crippen molar-refractivity contribution in [2.24, 2.45) is 0 Å². The Morgan fingerprint density at radius 2 is 1.46 bits per heavy atom. The molecule has 0 saturated carbocycles. The largest absolute Gasteiger partial charge is 0.294 e. The van der Waals surface area contributed by atoms with Gasteiger partial charge in [0.2, 0.25) is 5.91 Å². The minimum absolute atomic E-state index is 0.0147. The maximum Gasteiger partial charge on any atom is 0.269 e. The predicted molar refractivity (Wildman–Crippen MR) is 101 cm³/mol. The Hall–Kier alpha value is -2.95. The third-order valence-corrected chi connectivity index (χ3v) is 4.35. The fourth-order valence-corrected chi connectivity index (χ4v) is 2.44.